The van der Waals surface area contributed by atoms with Crippen LogP contribution in [0.25, 0.3) is 11.0 Å². The zero-order chi connectivity index (χ0) is 21.6. The van der Waals surface area contributed by atoms with Crippen molar-refractivity contribution in [3.05, 3.63) is 76.1 Å². The summed E-state index contributed by atoms with van der Waals surface area (Å²) in [6.45, 7) is 0. The maximum Gasteiger partial charge on any atom is 0.349 e. The molecule has 0 aliphatic heterocycles. The molecule has 1 N–H and O–H groups in total. The van der Waals surface area contributed by atoms with E-state index >= 15 is 0 Å². The van der Waals surface area contributed by atoms with Crippen LogP contribution in [0.2, 0.25) is 0 Å². The lowest BCUT2D eigenvalue weighted by molar-refractivity contribution is -0.134. The number of carbonyl (C=O) groups excluding carboxylic acids is 2. The van der Waals surface area contributed by atoms with Crippen LogP contribution in [0, 0.1) is 0 Å². The molecule has 1 saturated carbocycles. The van der Waals surface area contributed by atoms with Crippen LogP contribution in [0.4, 0.5) is 0 Å². The number of ether oxygens (including phenoxy) is 1. The van der Waals surface area contributed by atoms with Gasteiger partial charge in [-0.3, -0.25) is 9.59 Å². The second-order valence-corrected chi connectivity index (χ2v) is 7.92. The van der Waals surface area contributed by atoms with Crippen LogP contribution in [0.1, 0.15) is 54.4 Å². The Balaban J connectivity index is 1.43. The number of benzene rings is 2. The molecule has 6 nitrogen and oxygen atoms in total. The monoisotopic (exact) mass is 419 g/mol. The predicted molar refractivity (Wildman–Crippen MR) is 117 cm³/mol. The molecule has 3 aromatic rings. The third-order valence-electron chi connectivity index (χ3n) is 5.58. The Morgan fingerprint density at radius 3 is 2.55 bits per heavy atom. The van der Waals surface area contributed by atoms with Gasteiger partial charge >= 0.3 is 11.6 Å². The maximum atomic E-state index is 12.5. The molecule has 2 aromatic carbocycles. The molecule has 0 bridgehead atoms. The van der Waals surface area contributed by atoms with Gasteiger partial charge in [-0.05, 0) is 43.0 Å². The Morgan fingerprint density at radius 1 is 1.00 bits per heavy atom. The first-order valence-electron chi connectivity index (χ1n) is 10.7. The Hall–Kier alpha value is -3.41. The highest BCUT2D eigenvalue weighted by atomic mass is 16.5. The van der Waals surface area contributed by atoms with Crippen LogP contribution >= 0.6 is 0 Å². The van der Waals surface area contributed by atoms with Crippen LogP contribution in [-0.2, 0) is 11.2 Å². The van der Waals surface area contributed by atoms with Crippen molar-refractivity contribution in [1.29, 1.82) is 0 Å². The molecule has 0 unspecified atom stereocenters. The average Bonchev–Trinajstić information content (AvgIpc) is 2.78. The Bertz CT molecular complexity index is 1130. The summed E-state index contributed by atoms with van der Waals surface area (Å²) in [5.74, 6) is -0.471. The van der Waals surface area contributed by atoms with Crippen LogP contribution < -0.4 is 15.7 Å². The molecule has 1 aromatic heterocycles. The number of esters is 1. The molecule has 4 rings (SSSR count). The molecule has 0 spiro atoms. The molecule has 0 radical (unpaired) electrons. The lowest BCUT2D eigenvalue weighted by Crippen LogP contribution is -2.38. The average molecular weight is 419 g/mol. The van der Waals surface area contributed by atoms with Gasteiger partial charge in [-0.15, -0.1) is 0 Å². The van der Waals surface area contributed by atoms with E-state index in [1.807, 2.05) is 30.3 Å². The Kier molecular flexibility index (Phi) is 6.46. The van der Waals surface area contributed by atoms with Crippen molar-refractivity contribution >= 4 is 22.8 Å². The van der Waals surface area contributed by atoms with Crippen molar-refractivity contribution < 1.29 is 18.7 Å². The molecule has 31 heavy (non-hydrogen) atoms. The van der Waals surface area contributed by atoms with Gasteiger partial charge < -0.3 is 14.5 Å². The minimum atomic E-state index is -0.701. The summed E-state index contributed by atoms with van der Waals surface area (Å²) in [7, 11) is 0. The van der Waals surface area contributed by atoms with E-state index in [0.717, 1.165) is 31.2 Å². The first-order chi connectivity index (χ1) is 15.1. The zero-order valence-electron chi connectivity index (χ0n) is 17.3. The van der Waals surface area contributed by atoms with E-state index < -0.39 is 11.5 Å². The van der Waals surface area contributed by atoms with Gasteiger partial charge in [0, 0.05) is 23.9 Å². The first kappa shape index (κ1) is 20.8. The molecule has 0 atom stereocenters. The Morgan fingerprint density at radius 2 is 1.77 bits per heavy atom. The minimum Gasteiger partial charge on any atom is -0.426 e. The number of fused-ring (bicyclic) bond motifs is 1. The zero-order valence-corrected chi connectivity index (χ0v) is 17.3. The van der Waals surface area contributed by atoms with Gasteiger partial charge in [0.25, 0.3) is 5.91 Å². The number of hydrogen-bond acceptors (Lipinski definition) is 5. The Labute approximate surface area is 180 Å². The van der Waals surface area contributed by atoms with Crippen molar-refractivity contribution in [3.63, 3.8) is 0 Å². The third-order valence-corrected chi connectivity index (χ3v) is 5.58. The smallest absolute Gasteiger partial charge is 0.349 e. The van der Waals surface area contributed by atoms with Crippen LogP contribution in [0.3, 0.4) is 0 Å². The fourth-order valence-electron chi connectivity index (χ4n) is 3.90. The summed E-state index contributed by atoms with van der Waals surface area (Å²) in [5, 5.41) is 3.53. The standard InChI is InChI=1S/C25H25NO5/c27-23(14-11-17-7-3-1-4-8-17)30-20-13-12-18-15-21(25(29)31-22(18)16-20)24(28)26-19-9-5-2-6-10-19/h1,3-4,7-8,12-13,15-16,19H,2,5-6,9-11,14H2,(H,26,28). The summed E-state index contributed by atoms with van der Waals surface area (Å²) < 4.78 is 10.7. The van der Waals surface area contributed by atoms with Crippen molar-refractivity contribution in [2.45, 2.75) is 51.0 Å². The molecule has 1 fully saturated rings. The first-order valence-corrected chi connectivity index (χ1v) is 10.7. The summed E-state index contributed by atoms with van der Waals surface area (Å²) >= 11 is 0. The fraction of sp³-hybridized carbons (Fsp3) is 0.320. The van der Waals surface area contributed by atoms with Crippen LogP contribution in [-0.4, -0.2) is 17.9 Å². The molecule has 1 aliphatic carbocycles. The van der Waals surface area contributed by atoms with Gasteiger partial charge in [0.2, 0.25) is 0 Å². The van der Waals surface area contributed by atoms with Crippen LogP contribution in [0.15, 0.2) is 63.8 Å². The molecule has 1 amide bonds. The van der Waals surface area contributed by atoms with Gasteiger partial charge in [0.1, 0.15) is 16.9 Å². The van der Waals surface area contributed by atoms with E-state index in [4.69, 9.17) is 9.15 Å². The van der Waals surface area contributed by atoms with Crippen molar-refractivity contribution in [2.75, 3.05) is 0 Å². The lowest BCUT2D eigenvalue weighted by Gasteiger charge is -2.22. The van der Waals surface area contributed by atoms with E-state index in [0.29, 0.717) is 17.6 Å². The number of carbonyl (C=O) groups is 2. The van der Waals surface area contributed by atoms with Gasteiger partial charge in [0.05, 0.1) is 0 Å². The largest absolute Gasteiger partial charge is 0.426 e. The number of aryl methyl sites for hydroxylation is 1. The molecule has 1 aliphatic rings. The molecule has 1 heterocycles. The summed E-state index contributed by atoms with van der Waals surface area (Å²) in [6.07, 6.45) is 6.05. The van der Waals surface area contributed by atoms with E-state index in [-0.39, 0.29) is 29.6 Å². The predicted octanol–water partition coefficient (Wildman–Crippen LogP) is 4.39. The number of rotatable bonds is 6. The topological polar surface area (TPSA) is 85.6 Å². The van der Waals surface area contributed by atoms with Gasteiger partial charge in [-0.2, -0.15) is 0 Å². The fourth-order valence-corrected chi connectivity index (χ4v) is 3.90. The molecule has 6 heteroatoms. The maximum absolute atomic E-state index is 12.5. The summed E-state index contributed by atoms with van der Waals surface area (Å²) in [5.41, 5.74) is 0.620. The van der Waals surface area contributed by atoms with E-state index in [9.17, 15) is 14.4 Å². The highest BCUT2D eigenvalue weighted by Gasteiger charge is 2.20. The lowest BCUT2D eigenvalue weighted by atomic mass is 9.95. The summed E-state index contributed by atoms with van der Waals surface area (Å²) in [4.78, 5) is 37.1. The van der Waals surface area contributed by atoms with Crippen molar-refractivity contribution in [1.82, 2.24) is 5.32 Å². The second-order valence-electron chi connectivity index (χ2n) is 7.92. The number of hydrogen-bond donors (Lipinski definition) is 1. The summed E-state index contributed by atoms with van der Waals surface area (Å²) in [6, 6.07) is 16.1. The molecular weight excluding hydrogens is 394 g/mol. The van der Waals surface area contributed by atoms with Gasteiger partial charge in [-0.1, -0.05) is 49.6 Å². The second kappa shape index (κ2) is 9.60. The van der Waals surface area contributed by atoms with Crippen molar-refractivity contribution in [3.8, 4) is 5.75 Å². The van der Waals surface area contributed by atoms with E-state index in [1.54, 1.807) is 12.1 Å². The van der Waals surface area contributed by atoms with Gasteiger partial charge in [0.15, 0.2) is 0 Å². The van der Waals surface area contributed by atoms with E-state index in [2.05, 4.69) is 5.32 Å². The quantitative estimate of drug-likeness (QED) is 0.364. The van der Waals surface area contributed by atoms with E-state index in [1.165, 1.54) is 18.6 Å². The molecule has 0 saturated heterocycles. The minimum absolute atomic E-state index is 0.00863. The van der Waals surface area contributed by atoms with Crippen LogP contribution in [0.5, 0.6) is 5.75 Å². The van der Waals surface area contributed by atoms with Gasteiger partial charge in [-0.25, -0.2) is 4.79 Å². The SMILES string of the molecule is O=C(CCc1ccccc1)Oc1ccc2cc(C(=O)NC3CCCCC3)c(=O)oc2c1. The molecular formula is C25H25NO5. The third kappa shape index (κ3) is 5.40. The highest BCUT2D eigenvalue weighted by Crippen LogP contribution is 2.22. The number of nitrogens with one attached hydrogen (secondary N) is 1. The van der Waals surface area contributed by atoms with Crippen molar-refractivity contribution in [2.24, 2.45) is 0 Å². The number of amides is 1. The normalized spacial score (nSPS) is 14.3. The highest BCUT2D eigenvalue weighted by molar-refractivity contribution is 5.97. The molecule has 160 valence electrons.